The fraction of sp³-hybridized carbons (Fsp3) is 0.353. The molecule has 0 bridgehead atoms. The fourth-order valence-corrected chi connectivity index (χ4v) is 1.49. The number of carboxylic acid groups (broad SMARTS) is 1. The van der Waals surface area contributed by atoms with Gasteiger partial charge in [0.25, 0.3) is 0 Å². The summed E-state index contributed by atoms with van der Waals surface area (Å²) in [7, 11) is 0. The number of hydrogen-bond acceptors (Lipinski definition) is 3. The van der Waals surface area contributed by atoms with Crippen LogP contribution >= 0.6 is 0 Å². The number of allylic oxidation sites excluding steroid dienone is 2. The van der Waals surface area contributed by atoms with Gasteiger partial charge in [0.05, 0.1) is 0 Å². The molecule has 0 fully saturated rings. The third kappa shape index (κ3) is 6.17. The number of carboxylic acids is 1. The number of rotatable bonds is 7. The Hall–Kier alpha value is -2.23. The molecule has 114 valence electrons. The van der Waals surface area contributed by atoms with Crippen molar-refractivity contribution < 1.29 is 19.4 Å². The van der Waals surface area contributed by atoms with Crippen LogP contribution in [0.1, 0.15) is 38.1 Å². The zero-order chi connectivity index (χ0) is 15.8. The SMILES string of the molecule is CC(C)=CCOc1ccc(OCC=C(C)C)c(C(=O)O)c1. The molecule has 0 saturated heterocycles. The lowest BCUT2D eigenvalue weighted by Gasteiger charge is -2.10. The Kier molecular flexibility index (Phi) is 6.53. The topological polar surface area (TPSA) is 55.8 Å². The standard InChI is InChI=1S/C17H22O4/c1-12(2)7-9-20-14-5-6-16(15(11-14)17(18)19)21-10-8-13(3)4/h5-8,11H,9-10H2,1-4H3,(H,18,19). The Morgan fingerprint density at radius 3 is 2.14 bits per heavy atom. The van der Waals surface area contributed by atoms with E-state index in [9.17, 15) is 9.90 Å². The highest BCUT2D eigenvalue weighted by Crippen LogP contribution is 2.24. The molecular weight excluding hydrogens is 268 g/mol. The van der Waals surface area contributed by atoms with Crippen LogP contribution in [0, 0.1) is 0 Å². The van der Waals surface area contributed by atoms with Gasteiger partial charge in [0.1, 0.15) is 30.3 Å². The summed E-state index contributed by atoms with van der Waals surface area (Å²) in [5, 5.41) is 9.25. The monoisotopic (exact) mass is 290 g/mol. The number of ether oxygens (including phenoxy) is 2. The van der Waals surface area contributed by atoms with Crippen LogP contribution in [-0.4, -0.2) is 24.3 Å². The van der Waals surface area contributed by atoms with Crippen molar-refractivity contribution in [2.45, 2.75) is 27.7 Å². The summed E-state index contributed by atoms with van der Waals surface area (Å²) in [5.74, 6) is -0.177. The molecule has 0 heterocycles. The third-order valence-corrected chi connectivity index (χ3v) is 2.65. The molecule has 1 aromatic rings. The summed E-state index contributed by atoms with van der Waals surface area (Å²) < 4.78 is 11.0. The maximum atomic E-state index is 11.3. The van der Waals surface area contributed by atoms with E-state index >= 15 is 0 Å². The zero-order valence-corrected chi connectivity index (χ0v) is 13.0. The van der Waals surface area contributed by atoms with Gasteiger partial charge >= 0.3 is 5.97 Å². The maximum Gasteiger partial charge on any atom is 0.339 e. The molecule has 0 radical (unpaired) electrons. The molecule has 0 aromatic heterocycles. The van der Waals surface area contributed by atoms with E-state index in [1.54, 1.807) is 12.1 Å². The first kappa shape index (κ1) is 16.8. The summed E-state index contributed by atoms with van der Waals surface area (Å²) in [4.78, 5) is 11.3. The molecule has 1 N–H and O–H groups in total. The number of carbonyl (C=O) groups is 1. The van der Waals surface area contributed by atoms with Crippen LogP contribution in [0.4, 0.5) is 0 Å². The third-order valence-electron chi connectivity index (χ3n) is 2.65. The first-order chi connectivity index (χ1) is 9.90. The van der Waals surface area contributed by atoms with E-state index in [1.807, 2.05) is 39.8 Å². The average molecular weight is 290 g/mol. The van der Waals surface area contributed by atoms with Crippen LogP contribution in [0.5, 0.6) is 11.5 Å². The van der Waals surface area contributed by atoms with Gasteiger partial charge in [-0.2, -0.15) is 0 Å². The van der Waals surface area contributed by atoms with E-state index in [0.717, 1.165) is 11.1 Å². The van der Waals surface area contributed by atoms with Crippen molar-refractivity contribution in [2.75, 3.05) is 13.2 Å². The van der Waals surface area contributed by atoms with Gasteiger partial charge in [-0.05, 0) is 58.0 Å². The van der Waals surface area contributed by atoms with E-state index in [1.165, 1.54) is 6.07 Å². The normalized spacial score (nSPS) is 9.71. The molecule has 21 heavy (non-hydrogen) atoms. The largest absolute Gasteiger partial charge is 0.490 e. The Morgan fingerprint density at radius 2 is 1.62 bits per heavy atom. The average Bonchev–Trinajstić information content (AvgIpc) is 2.39. The predicted octanol–water partition coefficient (Wildman–Crippen LogP) is 4.07. The Balaban J connectivity index is 2.84. The predicted molar refractivity (Wildman–Crippen MR) is 83.3 cm³/mol. The van der Waals surface area contributed by atoms with Crippen molar-refractivity contribution in [1.29, 1.82) is 0 Å². The smallest absolute Gasteiger partial charge is 0.339 e. The quantitative estimate of drug-likeness (QED) is 0.769. The summed E-state index contributed by atoms with van der Waals surface area (Å²) in [5.41, 5.74) is 2.37. The van der Waals surface area contributed by atoms with Crippen molar-refractivity contribution in [3.8, 4) is 11.5 Å². The summed E-state index contributed by atoms with van der Waals surface area (Å²) >= 11 is 0. The summed E-state index contributed by atoms with van der Waals surface area (Å²) in [6, 6.07) is 4.82. The highest BCUT2D eigenvalue weighted by atomic mass is 16.5. The second kappa shape index (κ2) is 8.15. The lowest BCUT2D eigenvalue weighted by molar-refractivity contribution is 0.0692. The first-order valence-corrected chi connectivity index (χ1v) is 6.80. The minimum Gasteiger partial charge on any atom is -0.490 e. The van der Waals surface area contributed by atoms with Crippen molar-refractivity contribution in [2.24, 2.45) is 0 Å². The number of benzene rings is 1. The lowest BCUT2D eigenvalue weighted by atomic mass is 10.2. The van der Waals surface area contributed by atoms with Gasteiger partial charge in [0.2, 0.25) is 0 Å². The van der Waals surface area contributed by atoms with E-state index in [4.69, 9.17) is 9.47 Å². The second-order valence-corrected chi connectivity index (χ2v) is 5.15. The molecule has 0 unspecified atom stereocenters. The molecule has 0 spiro atoms. The molecular formula is C17H22O4. The van der Waals surface area contributed by atoms with Gasteiger partial charge in [-0.25, -0.2) is 4.79 Å². The highest BCUT2D eigenvalue weighted by molar-refractivity contribution is 5.91. The van der Waals surface area contributed by atoms with Crippen LogP contribution in [0.2, 0.25) is 0 Å². The Bertz CT molecular complexity index is 548. The molecule has 1 rings (SSSR count). The molecule has 4 nitrogen and oxygen atoms in total. The van der Waals surface area contributed by atoms with E-state index < -0.39 is 5.97 Å². The molecule has 0 atom stereocenters. The minimum absolute atomic E-state index is 0.104. The number of hydrogen-bond donors (Lipinski definition) is 1. The van der Waals surface area contributed by atoms with E-state index in [-0.39, 0.29) is 5.56 Å². The highest BCUT2D eigenvalue weighted by Gasteiger charge is 2.12. The maximum absolute atomic E-state index is 11.3. The molecule has 0 amide bonds. The van der Waals surface area contributed by atoms with Crippen LogP contribution in [-0.2, 0) is 0 Å². The molecule has 0 aliphatic heterocycles. The molecule has 0 aliphatic carbocycles. The molecule has 4 heteroatoms. The molecule has 0 saturated carbocycles. The summed E-state index contributed by atoms with van der Waals surface area (Å²) in [6.07, 6.45) is 3.82. The minimum atomic E-state index is -1.03. The molecule has 0 aliphatic rings. The lowest BCUT2D eigenvalue weighted by Crippen LogP contribution is -2.04. The van der Waals surface area contributed by atoms with Gasteiger partial charge < -0.3 is 14.6 Å². The first-order valence-electron chi connectivity index (χ1n) is 6.80. The van der Waals surface area contributed by atoms with Crippen molar-refractivity contribution >= 4 is 5.97 Å². The van der Waals surface area contributed by atoms with Gasteiger partial charge in [0, 0.05) is 0 Å². The van der Waals surface area contributed by atoms with Gasteiger partial charge in [-0.15, -0.1) is 0 Å². The van der Waals surface area contributed by atoms with Crippen LogP contribution < -0.4 is 9.47 Å². The van der Waals surface area contributed by atoms with E-state index in [2.05, 4.69) is 0 Å². The van der Waals surface area contributed by atoms with E-state index in [0.29, 0.717) is 24.7 Å². The fourth-order valence-electron chi connectivity index (χ4n) is 1.49. The van der Waals surface area contributed by atoms with Gasteiger partial charge in [-0.1, -0.05) is 11.1 Å². The van der Waals surface area contributed by atoms with Crippen LogP contribution in [0.25, 0.3) is 0 Å². The zero-order valence-electron chi connectivity index (χ0n) is 13.0. The number of aromatic carboxylic acids is 1. The van der Waals surface area contributed by atoms with Crippen molar-refractivity contribution in [1.82, 2.24) is 0 Å². The Morgan fingerprint density at radius 1 is 1.05 bits per heavy atom. The van der Waals surface area contributed by atoms with Crippen LogP contribution in [0.3, 0.4) is 0 Å². The van der Waals surface area contributed by atoms with Crippen molar-refractivity contribution in [3.63, 3.8) is 0 Å². The van der Waals surface area contributed by atoms with Crippen molar-refractivity contribution in [3.05, 3.63) is 47.1 Å². The van der Waals surface area contributed by atoms with Crippen LogP contribution in [0.15, 0.2) is 41.5 Å². The Labute approximate surface area is 125 Å². The van der Waals surface area contributed by atoms with Gasteiger partial charge in [-0.3, -0.25) is 0 Å². The molecule has 1 aromatic carbocycles. The van der Waals surface area contributed by atoms with Gasteiger partial charge in [0.15, 0.2) is 0 Å². The summed E-state index contributed by atoms with van der Waals surface area (Å²) in [6.45, 7) is 8.64. The second-order valence-electron chi connectivity index (χ2n) is 5.15.